The lowest BCUT2D eigenvalue weighted by Gasteiger charge is -2.09. The highest BCUT2D eigenvalue weighted by molar-refractivity contribution is 7.17. The van der Waals surface area contributed by atoms with Crippen molar-refractivity contribution in [2.45, 2.75) is 19.1 Å². The molecule has 0 radical (unpaired) electrons. The second kappa shape index (κ2) is 9.11. The van der Waals surface area contributed by atoms with Crippen LogP contribution in [0.1, 0.15) is 27.2 Å². The summed E-state index contributed by atoms with van der Waals surface area (Å²) in [7, 11) is 0. The molecule has 0 bridgehead atoms. The van der Waals surface area contributed by atoms with Crippen LogP contribution in [0.3, 0.4) is 0 Å². The smallest absolute Gasteiger partial charge is 0.261 e. The summed E-state index contributed by atoms with van der Waals surface area (Å²) in [4.78, 5) is 18.2. The number of thiophene rings is 1. The van der Waals surface area contributed by atoms with E-state index >= 15 is 0 Å². The van der Waals surface area contributed by atoms with Crippen LogP contribution in [0.25, 0.3) is 0 Å². The van der Waals surface area contributed by atoms with Gasteiger partial charge < -0.3 is 15.5 Å². The third-order valence-electron chi connectivity index (χ3n) is 4.58. The molecule has 29 heavy (non-hydrogen) atoms. The number of nitrogens with zero attached hydrogens (tertiary/aromatic N) is 1. The summed E-state index contributed by atoms with van der Waals surface area (Å²) in [5, 5.41) is 10.5. The normalized spacial score (nSPS) is 15.5. The van der Waals surface area contributed by atoms with Crippen molar-refractivity contribution >= 4 is 40.2 Å². The second-order valence-electron chi connectivity index (χ2n) is 6.70. The van der Waals surface area contributed by atoms with Crippen molar-refractivity contribution in [2.75, 3.05) is 11.9 Å². The van der Waals surface area contributed by atoms with Gasteiger partial charge in [0.25, 0.3) is 5.91 Å². The Labute approximate surface area is 178 Å². The molecule has 1 unspecified atom stereocenters. The van der Waals surface area contributed by atoms with Crippen molar-refractivity contribution in [3.05, 3.63) is 87.1 Å². The quantitative estimate of drug-likeness (QED) is 0.563. The number of rotatable bonds is 7. The highest BCUT2D eigenvalue weighted by atomic mass is 35.5. The highest BCUT2D eigenvalue weighted by Gasteiger charge is 2.23. The summed E-state index contributed by atoms with van der Waals surface area (Å²) < 4.78 is 0.597. The summed E-state index contributed by atoms with van der Waals surface area (Å²) in [5.74, 6) is -0.146. The van der Waals surface area contributed by atoms with E-state index in [-0.39, 0.29) is 12.0 Å². The Hall–Kier alpha value is -2.83. The number of amides is 1. The molecule has 3 aromatic rings. The summed E-state index contributed by atoms with van der Waals surface area (Å²) in [6.07, 6.45) is 0.489. The van der Waals surface area contributed by atoms with Crippen LogP contribution in [0.2, 0.25) is 4.34 Å². The molecule has 4 rings (SSSR count). The van der Waals surface area contributed by atoms with Crippen LogP contribution in [0.5, 0.6) is 0 Å². The van der Waals surface area contributed by atoms with Gasteiger partial charge in [-0.15, -0.1) is 11.3 Å². The van der Waals surface area contributed by atoms with Crippen molar-refractivity contribution in [1.82, 2.24) is 5.32 Å². The third kappa shape index (κ3) is 5.16. The zero-order chi connectivity index (χ0) is 20.1. The maximum Gasteiger partial charge on any atom is 0.261 e. The number of oxime groups is 1. The molecule has 148 valence electrons. The fourth-order valence-corrected chi connectivity index (χ4v) is 3.98. The Balaban J connectivity index is 1.26. The molecule has 2 N–H and O–H groups in total. The first-order valence-electron chi connectivity index (χ1n) is 9.32. The van der Waals surface area contributed by atoms with Crippen LogP contribution < -0.4 is 10.6 Å². The van der Waals surface area contributed by atoms with Gasteiger partial charge in [0.05, 0.1) is 21.5 Å². The molecule has 1 amide bonds. The molecular weight excluding hydrogens is 406 g/mol. The number of nitrogens with one attached hydrogen (secondary N) is 2. The molecule has 0 saturated heterocycles. The Morgan fingerprint density at radius 1 is 1.10 bits per heavy atom. The van der Waals surface area contributed by atoms with Gasteiger partial charge in [0.15, 0.2) is 0 Å². The minimum atomic E-state index is -0.166. The Bertz CT molecular complexity index is 1000. The van der Waals surface area contributed by atoms with Gasteiger partial charge in [0.1, 0.15) is 6.10 Å². The van der Waals surface area contributed by atoms with E-state index in [0.717, 1.165) is 23.5 Å². The van der Waals surface area contributed by atoms with Crippen molar-refractivity contribution in [3.8, 4) is 0 Å². The monoisotopic (exact) mass is 425 g/mol. The van der Waals surface area contributed by atoms with Gasteiger partial charge in [0, 0.05) is 18.7 Å². The molecule has 0 saturated carbocycles. The molecule has 5 nitrogen and oxygen atoms in total. The summed E-state index contributed by atoms with van der Waals surface area (Å²) in [6.45, 7) is 1.18. The number of halogens is 1. The Morgan fingerprint density at radius 3 is 2.62 bits per heavy atom. The zero-order valence-electron chi connectivity index (χ0n) is 15.6. The van der Waals surface area contributed by atoms with E-state index in [9.17, 15) is 4.79 Å². The lowest BCUT2D eigenvalue weighted by Crippen LogP contribution is -2.31. The molecule has 2 heterocycles. The lowest BCUT2D eigenvalue weighted by atomic mass is 10.0. The van der Waals surface area contributed by atoms with Crippen molar-refractivity contribution in [1.29, 1.82) is 0 Å². The average Bonchev–Trinajstić information content (AvgIpc) is 3.41. The number of hydrogen-bond acceptors (Lipinski definition) is 5. The van der Waals surface area contributed by atoms with Gasteiger partial charge in [-0.1, -0.05) is 59.2 Å². The molecule has 1 aromatic heterocycles. The van der Waals surface area contributed by atoms with Gasteiger partial charge in [-0.05, 0) is 35.4 Å². The summed E-state index contributed by atoms with van der Waals surface area (Å²) >= 11 is 7.13. The predicted molar refractivity (Wildman–Crippen MR) is 118 cm³/mol. The Morgan fingerprint density at radius 2 is 1.90 bits per heavy atom. The van der Waals surface area contributed by atoms with Crippen LogP contribution in [0.15, 0.2) is 71.9 Å². The number of carbonyl (C=O) groups excluding carboxylic acids is 1. The van der Waals surface area contributed by atoms with Gasteiger partial charge in [-0.3, -0.25) is 4.79 Å². The second-order valence-corrected chi connectivity index (χ2v) is 8.41. The van der Waals surface area contributed by atoms with Gasteiger partial charge >= 0.3 is 0 Å². The van der Waals surface area contributed by atoms with Crippen LogP contribution in [-0.2, 0) is 11.4 Å². The lowest BCUT2D eigenvalue weighted by molar-refractivity contribution is 0.0755. The van der Waals surface area contributed by atoms with Crippen molar-refractivity contribution in [2.24, 2.45) is 5.16 Å². The third-order valence-corrected chi connectivity index (χ3v) is 5.81. The van der Waals surface area contributed by atoms with Crippen LogP contribution in [-0.4, -0.2) is 24.3 Å². The van der Waals surface area contributed by atoms with Crippen LogP contribution in [0.4, 0.5) is 5.69 Å². The average molecular weight is 426 g/mol. The Kier molecular flexibility index (Phi) is 6.12. The van der Waals surface area contributed by atoms with Gasteiger partial charge in [-0.25, -0.2) is 0 Å². The van der Waals surface area contributed by atoms with E-state index in [4.69, 9.17) is 16.4 Å². The van der Waals surface area contributed by atoms with E-state index in [1.54, 1.807) is 12.1 Å². The first-order chi connectivity index (χ1) is 14.2. The molecule has 0 aliphatic carbocycles. The van der Waals surface area contributed by atoms with E-state index < -0.39 is 0 Å². The molecule has 0 fully saturated rings. The molecule has 1 atom stereocenters. The largest absolute Gasteiger partial charge is 0.390 e. The number of hydrogen-bond donors (Lipinski definition) is 2. The van der Waals surface area contributed by atoms with Crippen molar-refractivity contribution in [3.63, 3.8) is 0 Å². The topological polar surface area (TPSA) is 62.7 Å². The first kappa shape index (κ1) is 19.5. The molecule has 7 heteroatoms. The highest BCUT2D eigenvalue weighted by Crippen LogP contribution is 2.22. The van der Waals surface area contributed by atoms with E-state index in [1.807, 2.05) is 42.5 Å². The maximum absolute atomic E-state index is 12.1. The molecule has 1 aliphatic rings. The molecule has 0 spiro atoms. The van der Waals surface area contributed by atoms with Gasteiger partial charge in [0.2, 0.25) is 0 Å². The number of anilines is 1. The number of benzene rings is 2. The first-order valence-corrected chi connectivity index (χ1v) is 10.5. The van der Waals surface area contributed by atoms with E-state index in [1.165, 1.54) is 16.9 Å². The maximum atomic E-state index is 12.1. The fourth-order valence-electron chi connectivity index (χ4n) is 3.02. The zero-order valence-corrected chi connectivity index (χ0v) is 17.2. The minimum absolute atomic E-state index is 0.146. The molecule has 2 aromatic carbocycles. The van der Waals surface area contributed by atoms with Crippen molar-refractivity contribution < 1.29 is 9.63 Å². The van der Waals surface area contributed by atoms with E-state index in [0.29, 0.717) is 22.2 Å². The minimum Gasteiger partial charge on any atom is -0.390 e. The molecule has 1 aliphatic heterocycles. The summed E-state index contributed by atoms with van der Waals surface area (Å²) in [6, 6.07) is 21.8. The summed E-state index contributed by atoms with van der Waals surface area (Å²) in [5.41, 5.74) is 4.20. The fraction of sp³-hybridized carbons (Fsp3) is 0.182. The SMILES string of the molecule is O=C(NCC1CC(c2ccc(NCc3ccccc3)cc2)=NO1)c1ccc(Cl)s1. The van der Waals surface area contributed by atoms with E-state index in [2.05, 4.69) is 27.9 Å². The van der Waals surface area contributed by atoms with Crippen LogP contribution >= 0.6 is 22.9 Å². The standard InChI is InChI=1S/C22H20ClN3O2S/c23-21-11-10-20(29-21)22(27)25-14-18-12-19(26-28-18)16-6-8-17(9-7-16)24-13-15-4-2-1-3-5-15/h1-11,18,24H,12-14H2,(H,25,27). The predicted octanol–water partition coefficient (Wildman–Crippen LogP) is 4.94. The number of carbonyl (C=O) groups is 1. The van der Waals surface area contributed by atoms with Crippen LogP contribution in [0, 0.1) is 0 Å². The van der Waals surface area contributed by atoms with Gasteiger partial charge in [-0.2, -0.15) is 0 Å². The molecular formula is C22H20ClN3O2S.